The largest absolute Gasteiger partial charge is 0.393 e. The van der Waals surface area contributed by atoms with Gasteiger partial charge in [-0.05, 0) is 56.4 Å². The van der Waals surface area contributed by atoms with Crippen LogP contribution in [-0.2, 0) is 9.59 Å². The van der Waals surface area contributed by atoms with Gasteiger partial charge in [-0.3, -0.25) is 9.59 Å². The van der Waals surface area contributed by atoms with Crippen molar-refractivity contribution in [3.63, 3.8) is 0 Å². The maximum Gasteiger partial charge on any atom is 0.239 e. The number of carbonyl (C=O) groups is 2. The van der Waals surface area contributed by atoms with Crippen LogP contribution in [0.25, 0.3) is 0 Å². The molecule has 2 aliphatic rings. The van der Waals surface area contributed by atoms with Gasteiger partial charge in [-0.15, -0.1) is 0 Å². The van der Waals surface area contributed by atoms with E-state index in [-0.39, 0.29) is 23.8 Å². The maximum absolute atomic E-state index is 12.6. The first-order valence-corrected chi connectivity index (χ1v) is 8.81. The molecule has 0 bridgehead atoms. The van der Waals surface area contributed by atoms with Gasteiger partial charge in [0, 0.05) is 24.7 Å². The van der Waals surface area contributed by atoms with Gasteiger partial charge in [0.25, 0.3) is 0 Å². The normalized spacial score (nSPS) is 26.9. The van der Waals surface area contributed by atoms with E-state index in [1.807, 2.05) is 26.0 Å². The molecule has 0 spiro atoms. The summed E-state index contributed by atoms with van der Waals surface area (Å²) < 4.78 is 0. The fourth-order valence-electron chi connectivity index (χ4n) is 3.90. The molecule has 24 heavy (non-hydrogen) atoms. The fraction of sp³-hybridized carbons (Fsp3) is 0.579. The van der Waals surface area contributed by atoms with Gasteiger partial charge in [-0.25, -0.2) is 0 Å². The molecule has 1 heterocycles. The third-order valence-electron chi connectivity index (χ3n) is 5.20. The van der Waals surface area contributed by atoms with Crippen molar-refractivity contribution in [2.75, 3.05) is 18.0 Å². The van der Waals surface area contributed by atoms with E-state index in [2.05, 4.69) is 11.4 Å². The Hall–Kier alpha value is -1.88. The Kier molecular flexibility index (Phi) is 4.90. The third kappa shape index (κ3) is 3.46. The quantitative estimate of drug-likeness (QED) is 0.829. The highest BCUT2D eigenvalue weighted by molar-refractivity contribution is 6.09. The topological polar surface area (TPSA) is 69.6 Å². The van der Waals surface area contributed by atoms with Crippen molar-refractivity contribution in [1.29, 1.82) is 0 Å². The second-order valence-electron chi connectivity index (χ2n) is 7.18. The molecule has 2 fully saturated rings. The Labute approximate surface area is 143 Å². The highest BCUT2D eigenvalue weighted by atomic mass is 16.3. The molecule has 5 nitrogen and oxygen atoms in total. The Morgan fingerprint density at radius 3 is 2.54 bits per heavy atom. The summed E-state index contributed by atoms with van der Waals surface area (Å²) in [5, 5.41) is 12.7. The molecule has 1 aromatic rings. The lowest BCUT2D eigenvalue weighted by Crippen LogP contribution is -2.40. The number of aliphatic hydroxyl groups is 1. The molecule has 0 radical (unpaired) electrons. The van der Waals surface area contributed by atoms with Gasteiger partial charge in [-0.1, -0.05) is 12.5 Å². The lowest BCUT2D eigenvalue weighted by atomic mass is 10.0. The molecule has 1 aliphatic heterocycles. The molecule has 1 aromatic carbocycles. The van der Waals surface area contributed by atoms with E-state index in [1.54, 1.807) is 4.90 Å². The summed E-state index contributed by atoms with van der Waals surface area (Å²) in [4.78, 5) is 26.8. The summed E-state index contributed by atoms with van der Waals surface area (Å²) in [5.41, 5.74) is 3.10. The number of aryl methyl sites for hydroxylation is 2. The molecule has 3 unspecified atom stereocenters. The first-order chi connectivity index (χ1) is 11.5. The lowest BCUT2D eigenvalue weighted by Gasteiger charge is -2.19. The Morgan fingerprint density at radius 1 is 1.21 bits per heavy atom. The molecule has 1 saturated carbocycles. The number of nitrogens with one attached hydrogen (secondary N) is 1. The number of benzene rings is 1. The minimum Gasteiger partial charge on any atom is -0.393 e. The second-order valence-corrected chi connectivity index (χ2v) is 7.18. The van der Waals surface area contributed by atoms with Gasteiger partial charge >= 0.3 is 0 Å². The van der Waals surface area contributed by atoms with Gasteiger partial charge in [0.2, 0.25) is 11.8 Å². The molecule has 1 aliphatic carbocycles. The Bertz CT molecular complexity index is 623. The highest BCUT2D eigenvalue weighted by Crippen LogP contribution is 2.28. The zero-order chi connectivity index (χ0) is 17.3. The van der Waals surface area contributed by atoms with E-state index < -0.39 is 5.92 Å². The van der Waals surface area contributed by atoms with E-state index >= 15 is 0 Å². The van der Waals surface area contributed by atoms with Crippen molar-refractivity contribution in [2.24, 2.45) is 11.8 Å². The van der Waals surface area contributed by atoms with E-state index in [0.717, 1.165) is 36.1 Å². The summed E-state index contributed by atoms with van der Waals surface area (Å²) in [7, 11) is 0. The zero-order valence-corrected chi connectivity index (χ0v) is 14.4. The zero-order valence-electron chi connectivity index (χ0n) is 14.4. The Balaban J connectivity index is 1.61. The summed E-state index contributed by atoms with van der Waals surface area (Å²) in [6.07, 6.45) is 2.98. The van der Waals surface area contributed by atoms with Crippen LogP contribution in [0.5, 0.6) is 0 Å². The van der Waals surface area contributed by atoms with E-state index in [9.17, 15) is 14.7 Å². The van der Waals surface area contributed by atoms with Crippen LogP contribution >= 0.6 is 0 Å². The summed E-state index contributed by atoms with van der Waals surface area (Å²) in [6.45, 7) is 5.06. The van der Waals surface area contributed by atoms with Crippen molar-refractivity contribution in [3.05, 3.63) is 29.3 Å². The van der Waals surface area contributed by atoms with Gasteiger partial charge in [-0.2, -0.15) is 0 Å². The van der Waals surface area contributed by atoms with Crippen LogP contribution in [0.3, 0.4) is 0 Å². The molecular weight excluding hydrogens is 304 g/mol. The first-order valence-electron chi connectivity index (χ1n) is 8.81. The molecule has 3 rings (SSSR count). The number of amides is 2. The van der Waals surface area contributed by atoms with Crippen LogP contribution in [0.15, 0.2) is 18.2 Å². The van der Waals surface area contributed by atoms with Gasteiger partial charge < -0.3 is 15.3 Å². The van der Waals surface area contributed by atoms with Crippen molar-refractivity contribution in [2.45, 2.75) is 45.6 Å². The molecule has 130 valence electrons. The SMILES string of the molecule is Cc1cc(C)cc(N2CCC(C(=O)NCC3CCCC3O)C2=O)c1. The van der Waals surface area contributed by atoms with E-state index in [0.29, 0.717) is 19.5 Å². The highest BCUT2D eigenvalue weighted by Gasteiger charge is 2.38. The van der Waals surface area contributed by atoms with Crippen molar-refractivity contribution < 1.29 is 14.7 Å². The van der Waals surface area contributed by atoms with E-state index in [1.165, 1.54) is 0 Å². The third-order valence-corrected chi connectivity index (χ3v) is 5.20. The summed E-state index contributed by atoms with van der Waals surface area (Å²) in [5.74, 6) is -0.805. The summed E-state index contributed by atoms with van der Waals surface area (Å²) >= 11 is 0. The number of anilines is 1. The van der Waals surface area contributed by atoms with Crippen molar-refractivity contribution >= 4 is 17.5 Å². The fourth-order valence-corrected chi connectivity index (χ4v) is 3.90. The van der Waals surface area contributed by atoms with Gasteiger partial charge in [0.1, 0.15) is 5.92 Å². The number of carbonyl (C=O) groups excluding carboxylic acids is 2. The van der Waals surface area contributed by atoms with Crippen LogP contribution in [0.4, 0.5) is 5.69 Å². The number of nitrogens with zero attached hydrogens (tertiary/aromatic N) is 1. The standard InChI is InChI=1S/C19H26N2O3/c1-12-8-13(2)10-15(9-12)21-7-6-16(19(21)24)18(23)20-11-14-4-3-5-17(14)22/h8-10,14,16-17,22H,3-7,11H2,1-2H3,(H,20,23). The smallest absolute Gasteiger partial charge is 0.239 e. The van der Waals surface area contributed by atoms with Crippen LogP contribution in [0, 0.1) is 25.7 Å². The Morgan fingerprint density at radius 2 is 1.92 bits per heavy atom. The minimum atomic E-state index is -0.607. The molecular formula is C19H26N2O3. The number of rotatable bonds is 4. The average Bonchev–Trinajstić information content (AvgIpc) is 3.10. The molecule has 2 amide bonds. The lowest BCUT2D eigenvalue weighted by molar-refractivity contribution is -0.132. The predicted octanol–water partition coefficient (Wildman–Crippen LogP) is 1.93. The van der Waals surface area contributed by atoms with Crippen molar-refractivity contribution in [3.8, 4) is 0 Å². The second kappa shape index (κ2) is 6.93. The summed E-state index contributed by atoms with van der Waals surface area (Å²) in [6, 6.07) is 6.04. The van der Waals surface area contributed by atoms with Gasteiger partial charge in [0.05, 0.1) is 6.10 Å². The minimum absolute atomic E-state index is 0.121. The van der Waals surface area contributed by atoms with Crippen LogP contribution < -0.4 is 10.2 Å². The first kappa shape index (κ1) is 17.0. The van der Waals surface area contributed by atoms with Crippen LogP contribution in [0.2, 0.25) is 0 Å². The maximum atomic E-state index is 12.6. The van der Waals surface area contributed by atoms with Crippen molar-refractivity contribution in [1.82, 2.24) is 5.32 Å². The molecule has 0 aromatic heterocycles. The monoisotopic (exact) mass is 330 g/mol. The van der Waals surface area contributed by atoms with Crippen LogP contribution in [-0.4, -0.2) is 36.1 Å². The number of aliphatic hydroxyl groups excluding tert-OH is 1. The molecule has 2 N–H and O–H groups in total. The number of hydrogen-bond acceptors (Lipinski definition) is 3. The van der Waals surface area contributed by atoms with Gasteiger partial charge in [0.15, 0.2) is 0 Å². The average molecular weight is 330 g/mol. The molecule has 5 heteroatoms. The molecule has 1 saturated heterocycles. The molecule has 3 atom stereocenters. The van der Waals surface area contributed by atoms with E-state index in [4.69, 9.17) is 0 Å². The predicted molar refractivity (Wildman–Crippen MR) is 92.7 cm³/mol. The van der Waals surface area contributed by atoms with Crippen LogP contribution in [0.1, 0.15) is 36.8 Å². The number of hydrogen-bond donors (Lipinski definition) is 2.